The summed E-state index contributed by atoms with van der Waals surface area (Å²) in [4.78, 5) is 0. The van der Waals surface area contributed by atoms with Gasteiger partial charge in [0.1, 0.15) is 0 Å². The normalized spacial score (nSPS) is 9.00. The van der Waals surface area contributed by atoms with Crippen molar-refractivity contribution in [3.8, 4) is 0 Å². The molecule has 0 saturated heterocycles. The van der Waals surface area contributed by atoms with Crippen molar-refractivity contribution in [1.29, 1.82) is 0 Å². The summed E-state index contributed by atoms with van der Waals surface area (Å²) in [6, 6.07) is 0. The van der Waals surface area contributed by atoms with Crippen LogP contribution in [0.2, 0.25) is 4.47 Å². The molecular weight excluding hydrogens is 303 g/mol. The van der Waals surface area contributed by atoms with E-state index in [1.807, 2.05) is 0 Å². The molecule has 0 saturated carbocycles. The zero-order valence-electron chi connectivity index (χ0n) is 3.91. The van der Waals surface area contributed by atoms with Gasteiger partial charge in [-0.2, -0.15) is 0 Å². The molecule has 0 aromatic heterocycles. The molecule has 0 rings (SSSR count). The molecule has 0 nitrogen and oxygen atoms in total. The Morgan fingerprint density at radius 1 is 1.67 bits per heavy atom. The van der Waals surface area contributed by atoms with Crippen LogP contribution in [0.4, 0.5) is 0 Å². The van der Waals surface area contributed by atoms with E-state index in [9.17, 15) is 0 Å². The summed E-state index contributed by atoms with van der Waals surface area (Å²) in [5.41, 5.74) is 0. The van der Waals surface area contributed by atoms with Crippen molar-refractivity contribution >= 4 is 35.7 Å². The molecular formula is C4H9ITe. The maximum absolute atomic E-state index is 2.54. The molecule has 6 heavy (non-hydrogen) atoms. The van der Waals surface area contributed by atoms with E-state index in [1.165, 1.54) is 17.3 Å². The van der Waals surface area contributed by atoms with Crippen LogP contribution in [-0.4, -0.2) is 17.0 Å². The van der Waals surface area contributed by atoms with Crippen LogP contribution in [0.3, 0.4) is 0 Å². The molecule has 0 aliphatic rings. The summed E-state index contributed by atoms with van der Waals surface area (Å²) in [6.45, 7) is 2.25. The molecule has 0 aromatic rings. The Hall–Kier alpha value is 1.52. The maximum atomic E-state index is 2.54. The van der Waals surface area contributed by atoms with Gasteiger partial charge in [-0.1, -0.05) is 0 Å². The van der Waals surface area contributed by atoms with Crippen molar-refractivity contribution in [2.75, 3.05) is 0 Å². The Labute approximate surface area is 59.4 Å². The van der Waals surface area contributed by atoms with Gasteiger partial charge in [0.2, 0.25) is 0 Å². The number of hydrogen-bond acceptors (Lipinski definition) is 0. The van der Waals surface area contributed by atoms with Crippen LogP contribution < -0.4 is 0 Å². The van der Waals surface area contributed by atoms with Gasteiger partial charge in [-0.15, -0.1) is 0 Å². The van der Waals surface area contributed by atoms with Gasteiger partial charge in [-0.25, -0.2) is 0 Å². The van der Waals surface area contributed by atoms with E-state index in [0.29, 0.717) is 17.0 Å². The van der Waals surface area contributed by atoms with Gasteiger partial charge in [0.25, 0.3) is 0 Å². The van der Waals surface area contributed by atoms with E-state index in [4.69, 9.17) is 0 Å². The van der Waals surface area contributed by atoms with Crippen molar-refractivity contribution in [3.05, 3.63) is 0 Å². The number of rotatable bonds is 3. The predicted octanol–water partition coefficient (Wildman–Crippen LogP) is 2.26. The summed E-state index contributed by atoms with van der Waals surface area (Å²) in [7, 11) is 0. The van der Waals surface area contributed by atoms with Crippen molar-refractivity contribution in [1.82, 2.24) is 0 Å². The number of halogens is 1. The Balaban J connectivity index is 2.34. The van der Waals surface area contributed by atoms with Crippen LogP contribution >= 0.6 is 18.7 Å². The van der Waals surface area contributed by atoms with Crippen LogP contribution in [0.15, 0.2) is 0 Å². The number of unbranched alkanes of at least 4 members (excludes halogenated alkanes) is 1. The first-order chi connectivity index (χ1) is 2.91. The minimum absolute atomic E-state index is 0.434. The third kappa shape index (κ3) is 5.52. The van der Waals surface area contributed by atoms with Crippen LogP contribution in [-0.2, 0) is 0 Å². The second-order valence-corrected chi connectivity index (χ2v) is 7.13. The Kier molecular flexibility index (Phi) is 8.17. The van der Waals surface area contributed by atoms with Gasteiger partial charge in [-0.05, 0) is 0 Å². The Morgan fingerprint density at radius 3 is 2.50 bits per heavy atom. The molecule has 0 fully saturated rings. The SMILES string of the molecule is CCCC[Te]I. The third-order valence-corrected chi connectivity index (χ3v) is 4.79. The van der Waals surface area contributed by atoms with Gasteiger partial charge in [-0.3, -0.25) is 0 Å². The van der Waals surface area contributed by atoms with E-state index in [-0.39, 0.29) is 0 Å². The summed E-state index contributed by atoms with van der Waals surface area (Å²) < 4.78 is 1.53. The average Bonchev–Trinajstić information content (AvgIpc) is 1.61. The van der Waals surface area contributed by atoms with E-state index < -0.39 is 0 Å². The molecule has 0 unspecified atom stereocenters. The summed E-state index contributed by atoms with van der Waals surface area (Å²) >= 11 is 2.97. The second kappa shape index (κ2) is 6.52. The first-order valence-electron chi connectivity index (χ1n) is 2.15. The zero-order chi connectivity index (χ0) is 4.83. The van der Waals surface area contributed by atoms with E-state index in [1.54, 1.807) is 0 Å². The third-order valence-electron chi connectivity index (χ3n) is 0.575. The first-order valence-corrected chi connectivity index (χ1v) is 10.6. The Morgan fingerprint density at radius 2 is 2.33 bits per heavy atom. The molecule has 2 heteroatoms. The molecule has 0 aliphatic carbocycles. The Bertz CT molecular complexity index is 19.5. The van der Waals surface area contributed by atoms with Crippen LogP contribution in [0.1, 0.15) is 19.8 Å². The molecule has 0 aromatic carbocycles. The van der Waals surface area contributed by atoms with Crippen molar-refractivity contribution in [2.45, 2.75) is 24.2 Å². The fraction of sp³-hybridized carbons (Fsp3) is 1.00. The van der Waals surface area contributed by atoms with Crippen molar-refractivity contribution in [3.63, 3.8) is 0 Å². The summed E-state index contributed by atoms with van der Waals surface area (Å²) in [5, 5.41) is 0. The van der Waals surface area contributed by atoms with Crippen LogP contribution in [0.25, 0.3) is 0 Å². The zero-order valence-corrected chi connectivity index (χ0v) is 8.40. The molecule has 38 valence electrons. The van der Waals surface area contributed by atoms with Gasteiger partial charge in [0, 0.05) is 0 Å². The first kappa shape index (κ1) is 7.52. The van der Waals surface area contributed by atoms with E-state index >= 15 is 0 Å². The molecule has 0 amide bonds. The van der Waals surface area contributed by atoms with Gasteiger partial charge >= 0.3 is 59.9 Å². The fourth-order valence-electron chi connectivity index (χ4n) is 0.199. The van der Waals surface area contributed by atoms with Gasteiger partial charge in [0.15, 0.2) is 0 Å². The van der Waals surface area contributed by atoms with Crippen molar-refractivity contribution in [2.24, 2.45) is 0 Å². The quantitative estimate of drug-likeness (QED) is 0.426. The van der Waals surface area contributed by atoms with Crippen LogP contribution in [0, 0.1) is 0 Å². The summed E-state index contributed by atoms with van der Waals surface area (Å²) in [5.74, 6) is 0. The fourth-order valence-corrected chi connectivity index (χ4v) is 3.42. The predicted molar refractivity (Wildman–Crippen MR) is 39.5 cm³/mol. The van der Waals surface area contributed by atoms with E-state index in [2.05, 4.69) is 25.6 Å². The van der Waals surface area contributed by atoms with Gasteiger partial charge < -0.3 is 0 Å². The topological polar surface area (TPSA) is 0 Å². The standard InChI is InChI=1S/C4H9ITe/c1-2-3-4-6-5/h2-4H2,1H3. The molecule has 0 aliphatic heterocycles. The second-order valence-electron chi connectivity index (χ2n) is 1.17. The average molecular weight is 312 g/mol. The molecule has 0 atom stereocenters. The minimum atomic E-state index is 0.434. The molecule has 0 heterocycles. The van der Waals surface area contributed by atoms with E-state index in [0.717, 1.165) is 0 Å². The van der Waals surface area contributed by atoms with Crippen molar-refractivity contribution < 1.29 is 0 Å². The molecule has 0 bridgehead atoms. The number of hydrogen-bond donors (Lipinski definition) is 0. The van der Waals surface area contributed by atoms with Crippen LogP contribution in [0.5, 0.6) is 0 Å². The molecule has 0 N–H and O–H groups in total. The molecule has 0 spiro atoms. The monoisotopic (exact) mass is 314 g/mol. The van der Waals surface area contributed by atoms with Gasteiger partial charge in [0.05, 0.1) is 0 Å². The summed E-state index contributed by atoms with van der Waals surface area (Å²) in [6.07, 6.45) is 2.85. The molecule has 0 radical (unpaired) electrons.